The average molecular weight is 577 g/mol. The van der Waals surface area contributed by atoms with Gasteiger partial charge in [0.2, 0.25) is 0 Å². The van der Waals surface area contributed by atoms with Gasteiger partial charge in [-0.2, -0.15) is 10.4 Å². The highest BCUT2D eigenvalue weighted by Crippen LogP contribution is 2.37. The van der Waals surface area contributed by atoms with Crippen molar-refractivity contribution in [1.82, 2.24) is 14.7 Å². The zero-order chi connectivity index (χ0) is 29.0. The van der Waals surface area contributed by atoms with Gasteiger partial charge in [-0.25, -0.2) is 9.18 Å². The Kier molecular flexibility index (Phi) is 10.1. The highest BCUT2D eigenvalue weighted by Gasteiger charge is 2.37. The molecule has 1 saturated heterocycles. The highest BCUT2D eigenvalue weighted by atomic mass is 32.2. The van der Waals surface area contributed by atoms with Gasteiger partial charge in [0.15, 0.2) is 19.9 Å². The maximum absolute atomic E-state index is 14.8. The van der Waals surface area contributed by atoms with Crippen LogP contribution in [0, 0.1) is 23.1 Å². The molecule has 8 nitrogen and oxygen atoms in total. The molecule has 1 aromatic carbocycles. The first-order valence-corrected chi connectivity index (χ1v) is 17.3. The molecule has 1 fully saturated rings. The van der Waals surface area contributed by atoms with Gasteiger partial charge in [-0.05, 0) is 55.1 Å². The normalized spacial score (nSPS) is 18.3. The summed E-state index contributed by atoms with van der Waals surface area (Å²) >= 11 is 1.54. The van der Waals surface area contributed by atoms with Crippen LogP contribution in [-0.2, 0) is 11.0 Å². The number of halogens is 1. The zero-order valence-electron chi connectivity index (χ0n) is 24.0. The second kappa shape index (κ2) is 12.7. The monoisotopic (exact) mass is 576 g/mol. The molecule has 0 bridgehead atoms. The van der Waals surface area contributed by atoms with E-state index in [4.69, 9.17) is 9.16 Å². The van der Waals surface area contributed by atoms with Crippen molar-refractivity contribution in [2.24, 2.45) is 5.92 Å². The zero-order valence-corrected chi connectivity index (χ0v) is 25.8. The Labute approximate surface area is 236 Å². The van der Waals surface area contributed by atoms with E-state index in [2.05, 4.69) is 45.0 Å². The van der Waals surface area contributed by atoms with Crippen LogP contribution >= 0.6 is 11.8 Å². The maximum atomic E-state index is 14.8. The number of carbonyl (C=O) groups is 1. The van der Waals surface area contributed by atoms with Crippen molar-refractivity contribution in [2.75, 3.05) is 18.9 Å². The third kappa shape index (κ3) is 7.56. The number of ether oxygens (including phenoxy) is 1. The summed E-state index contributed by atoms with van der Waals surface area (Å²) in [7, 11) is -1.80. The first kappa shape index (κ1) is 31.0. The Morgan fingerprint density at radius 1 is 1.36 bits per heavy atom. The number of amides is 1. The average Bonchev–Trinajstić information content (AvgIpc) is 3.27. The second-order valence-corrected chi connectivity index (χ2v) is 17.9. The largest absolute Gasteiger partial charge is 0.486 e. The summed E-state index contributed by atoms with van der Waals surface area (Å²) in [6.45, 7) is 16.1. The number of piperidine rings is 1. The van der Waals surface area contributed by atoms with Gasteiger partial charge in [-0.15, -0.1) is 11.8 Å². The number of hydrogen-bond acceptors (Lipinski definition) is 6. The summed E-state index contributed by atoms with van der Waals surface area (Å²) in [5.74, 6) is 0.529. The second-order valence-electron chi connectivity index (χ2n) is 11.9. The van der Waals surface area contributed by atoms with Gasteiger partial charge in [-0.3, -0.25) is 4.68 Å². The Morgan fingerprint density at radius 2 is 2.08 bits per heavy atom. The summed E-state index contributed by atoms with van der Waals surface area (Å²) in [6.07, 6.45) is 1.81. The number of likely N-dealkylation sites (tertiary alicyclic amines) is 1. The van der Waals surface area contributed by atoms with E-state index in [0.717, 1.165) is 10.6 Å². The Hall–Kier alpha value is -2.55. The summed E-state index contributed by atoms with van der Waals surface area (Å²) in [5.41, 5.74) is 0.931. The summed E-state index contributed by atoms with van der Waals surface area (Å²) < 4.78 is 28.4. The third-order valence-electron chi connectivity index (χ3n) is 7.86. The molecule has 0 aliphatic carbocycles. The summed E-state index contributed by atoms with van der Waals surface area (Å²) in [4.78, 5) is 13.9. The lowest BCUT2D eigenvalue weighted by Gasteiger charge is -2.40. The van der Waals surface area contributed by atoms with Gasteiger partial charge in [0, 0.05) is 35.4 Å². The minimum atomic E-state index is -1.80. The van der Waals surface area contributed by atoms with E-state index in [9.17, 15) is 19.6 Å². The van der Waals surface area contributed by atoms with E-state index < -0.39 is 20.2 Å². The van der Waals surface area contributed by atoms with Crippen LogP contribution in [0.15, 0.2) is 29.3 Å². The maximum Gasteiger partial charge on any atom is 0.407 e. The lowest BCUT2D eigenvalue weighted by molar-refractivity contribution is 0.0704. The minimum absolute atomic E-state index is 0.00817. The Balaban J connectivity index is 1.60. The molecule has 1 aliphatic rings. The predicted octanol–water partition coefficient (Wildman–Crippen LogP) is 6.93. The molecule has 1 aromatic heterocycles. The molecule has 0 spiro atoms. The van der Waals surface area contributed by atoms with Crippen molar-refractivity contribution in [3.8, 4) is 11.8 Å². The highest BCUT2D eigenvalue weighted by molar-refractivity contribution is 7.99. The standard InChI is InChI=1S/C28H41FN4O4SSi/c1-19(2)24-14-21(10-11-32(24)27(34)35)33-25(16-30)20(17-31-33)18-36-26-9-8-22(15-23(26)29)38-13-12-37-39(6,7)28(3,4)5/h8-9,15,17,19,21,24H,10-14,18H2,1-7H3,(H,34,35). The molecule has 2 atom stereocenters. The number of aromatic nitrogens is 2. The molecule has 214 valence electrons. The van der Waals surface area contributed by atoms with Crippen LogP contribution in [0.5, 0.6) is 5.75 Å². The van der Waals surface area contributed by atoms with Gasteiger partial charge in [0.1, 0.15) is 18.4 Å². The van der Waals surface area contributed by atoms with Gasteiger partial charge < -0.3 is 19.2 Å². The molecule has 2 unspecified atom stereocenters. The molecule has 2 aromatic rings. The van der Waals surface area contributed by atoms with Gasteiger partial charge >= 0.3 is 6.09 Å². The number of benzene rings is 1. The summed E-state index contributed by atoms with van der Waals surface area (Å²) in [5, 5.41) is 24.0. The van der Waals surface area contributed by atoms with Gasteiger partial charge in [-0.1, -0.05) is 34.6 Å². The fourth-order valence-electron chi connectivity index (χ4n) is 4.49. The topological polar surface area (TPSA) is 101 Å². The molecule has 39 heavy (non-hydrogen) atoms. The van der Waals surface area contributed by atoms with Crippen LogP contribution in [0.25, 0.3) is 0 Å². The molecule has 0 radical (unpaired) electrons. The summed E-state index contributed by atoms with van der Waals surface area (Å²) in [6, 6.07) is 6.86. The number of rotatable bonds is 10. The van der Waals surface area contributed by atoms with Crippen molar-refractivity contribution in [2.45, 2.75) is 89.2 Å². The van der Waals surface area contributed by atoms with E-state index >= 15 is 0 Å². The van der Waals surface area contributed by atoms with E-state index in [-0.39, 0.29) is 35.4 Å². The quantitative estimate of drug-likeness (QED) is 0.186. The molecule has 1 aliphatic heterocycles. The van der Waals surface area contributed by atoms with Crippen molar-refractivity contribution in [3.63, 3.8) is 0 Å². The first-order chi connectivity index (χ1) is 18.2. The van der Waals surface area contributed by atoms with Crippen LogP contribution in [0.3, 0.4) is 0 Å². The van der Waals surface area contributed by atoms with E-state index in [1.54, 1.807) is 28.7 Å². The van der Waals surface area contributed by atoms with Crippen LogP contribution in [0.2, 0.25) is 18.1 Å². The van der Waals surface area contributed by atoms with Crippen LogP contribution in [0.4, 0.5) is 9.18 Å². The molecular weight excluding hydrogens is 535 g/mol. The fourth-order valence-corrected chi connectivity index (χ4v) is 6.44. The molecule has 11 heteroatoms. The Morgan fingerprint density at radius 3 is 2.67 bits per heavy atom. The molecular formula is C28H41FN4O4SSi. The number of hydrogen-bond donors (Lipinski definition) is 1. The lowest BCUT2D eigenvalue weighted by atomic mass is 9.90. The van der Waals surface area contributed by atoms with E-state index in [0.29, 0.717) is 37.3 Å². The van der Waals surface area contributed by atoms with Crippen LogP contribution < -0.4 is 4.74 Å². The molecule has 1 amide bonds. The fraction of sp³-hybridized carbons (Fsp3) is 0.607. The smallest absolute Gasteiger partial charge is 0.407 e. The molecule has 3 rings (SSSR count). The van der Waals surface area contributed by atoms with Crippen LogP contribution in [0.1, 0.15) is 64.8 Å². The number of thioether (sulfide) groups is 1. The lowest BCUT2D eigenvalue weighted by Crippen LogP contribution is -2.48. The minimum Gasteiger partial charge on any atom is -0.486 e. The van der Waals surface area contributed by atoms with Crippen molar-refractivity contribution in [3.05, 3.63) is 41.5 Å². The van der Waals surface area contributed by atoms with Crippen LogP contribution in [-0.4, -0.2) is 59.1 Å². The molecule has 2 heterocycles. The van der Waals surface area contributed by atoms with Gasteiger partial charge in [0.25, 0.3) is 0 Å². The molecule has 0 saturated carbocycles. The Bertz CT molecular complexity index is 1190. The predicted molar refractivity (Wildman–Crippen MR) is 153 cm³/mol. The molecule has 1 N–H and O–H groups in total. The van der Waals surface area contributed by atoms with Crippen molar-refractivity contribution < 1.29 is 23.5 Å². The van der Waals surface area contributed by atoms with E-state index in [1.807, 2.05) is 19.9 Å². The third-order valence-corrected chi connectivity index (χ3v) is 13.4. The SMILES string of the molecule is CC(C)C1CC(n2ncc(COc3ccc(SCCO[Si](C)(C)C(C)(C)C)cc3F)c2C#N)CCN1C(=O)O. The number of carboxylic acid groups (broad SMARTS) is 1. The van der Waals surface area contributed by atoms with Gasteiger partial charge in [0.05, 0.1) is 12.2 Å². The van der Waals surface area contributed by atoms with Crippen molar-refractivity contribution in [1.29, 1.82) is 5.26 Å². The van der Waals surface area contributed by atoms with E-state index in [1.165, 1.54) is 11.0 Å². The van der Waals surface area contributed by atoms with Crippen molar-refractivity contribution >= 4 is 26.2 Å². The first-order valence-electron chi connectivity index (χ1n) is 13.4. The number of nitriles is 1. The number of nitrogens with zero attached hydrogens (tertiary/aromatic N) is 4.